The van der Waals surface area contributed by atoms with E-state index in [2.05, 4.69) is 16.6 Å². The summed E-state index contributed by atoms with van der Waals surface area (Å²) in [6.45, 7) is 2.51. The van der Waals surface area contributed by atoms with Gasteiger partial charge in [0.2, 0.25) is 5.91 Å². The average molecular weight is 443 g/mol. The Morgan fingerprint density at radius 1 is 1.06 bits per heavy atom. The molecule has 8 heteroatoms. The normalized spacial score (nSPS) is 16.5. The van der Waals surface area contributed by atoms with Crippen molar-refractivity contribution in [2.24, 2.45) is 4.99 Å². The number of aliphatic imine (C=N–C) groups is 1. The van der Waals surface area contributed by atoms with Crippen molar-refractivity contribution in [3.8, 4) is 0 Å². The van der Waals surface area contributed by atoms with Gasteiger partial charge in [-0.15, -0.1) is 0 Å². The van der Waals surface area contributed by atoms with Crippen LogP contribution in [0.5, 0.6) is 0 Å². The molecule has 0 fully saturated rings. The topological polar surface area (TPSA) is 82.1 Å². The maximum absolute atomic E-state index is 13.2. The number of likely N-dealkylation sites (N-methyl/N-ethyl adjacent to an activating group) is 1. The van der Waals surface area contributed by atoms with Crippen LogP contribution in [-0.4, -0.2) is 52.2 Å². The van der Waals surface area contributed by atoms with E-state index >= 15 is 0 Å². The van der Waals surface area contributed by atoms with Gasteiger partial charge in [0.25, 0.3) is 10.0 Å². The molecule has 1 N–H and O–H groups in total. The summed E-state index contributed by atoms with van der Waals surface area (Å²) in [6, 6.07) is 14.1. The molecule has 31 heavy (non-hydrogen) atoms. The number of amides is 1. The van der Waals surface area contributed by atoms with E-state index in [0.717, 1.165) is 24.1 Å². The highest BCUT2D eigenvalue weighted by Crippen LogP contribution is 2.23. The molecule has 0 saturated heterocycles. The number of fused-ring (bicyclic) bond motifs is 1. The number of hydrogen-bond donors (Lipinski definition) is 1. The first-order valence-corrected chi connectivity index (χ1v) is 11.9. The number of unbranched alkanes of at least 4 members (excludes halogenated alkanes) is 1. The number of carbonyl (C=O) groups excluding carboxylic acids is 1. The summed E-state index contributed by atoms with van der Waals surface area (Å²) in [6.07, 6.45) is 2.31. The van der Waals surface area contributed by atoms with Gasteiger partial charge in [-0.1, -0.05) is 44.0 Å². The smallest absolute Gasteiger partial charge is 0.263 e. The minimum absolute atomic E-state index is 0.124. The van der Waals surface area contributed by atoms with Gasteiger partial charge in [0, 0.05) is 38.9 Å². The first-order valence-electron chi connectivity index (χ1n) is 10.4. The molecular weight excluding hydrogens is 412 g/mol. The Bertz CT molecular complexity index is 1060. The summed E-state index contributed by atoms with van der Waals surface area (Å²) in [4.78, 5) is 21.7. The molecule has 1 aliphatic rings. The third kappa shape index (κ3) is 5.25. The van der Waals surface area contributed by atoms with Gasteiger partial charge >= 0.3 is 0 Å². The third-order valence-electron chi connectivity index (χ3n) is 5.31. The van der Waals surface area contributed by atoms with Crippen LogP contribution in [0, 0.1) is 0 Å². The molecule has 1 atom stereocenters. The maximum Gasteiger partial charge on any atom is 0.263 e. The summed E-state index contributed by atoms with van der Waals surface area (Å²) in [5.74, 6) is 0.120. The number of sulfonamides is 1. The molecule has 1 unspecified atom stereocenters. The van der Waals surface area contributed by atoms with Crippen LogP contribution in [-0.2, 0) is 21.4 Å². The lowest BCUT2D eigenvalue weighted by molar-refractivity contribution is -0.131. The fourth-order valence-corrected chi connectivity index (χ4v) is 4.77. The highest BCUT2D eigenvalue weighted by molar-refractivity contribution is 7.90. The zero-order valence-corrected chi connectivity index (χ0v) is 19.3. The first kappa shape index (κ1) is 22.8. The molecule has 0 radical (unpaired) electrons. The third-order valence-corrected chi connectivity index (χ3v) is 6.71. The number of amidine groups is 1. The number of nitrogens with zero attached hydrogens (tertiary/aromatic N) is 3. The zero-order valence-electron chi connectivity index (χ0n) is 18.5. The summed E-state index contributed by atoms with van der Waals surface area (Å²) in [5, 5.41) is 0. The summed E-state index contributed by atoms with van der Waals surface area (Å²) < 4.78 is 27.3. The molecule has 2 aromatic rings. The van der Waals surface area contributed by atoms with Crippen molar-refractivity contribution in [1.29, 1.82) is 0 Å². The molecule has 0 bridgehead atoms. The van der Waals surface area contributed by atoms with Crippen molar-refractivity contribution in [2.75, 3.05) is 26.0 Å². The van der Waals surface area contributed by atoms with Crippen molar-refractivity contribution in [1.82, 2.24) is 9.62 Å². The van der Waals surface area contributed by atoms with Gasteiger partial charge in [-0.05, 0) is 36.2 Å². The molecule has 2 aromatic carbocycles. The summed E-state index contributed by atoms with van der Waals surface area (Å²) in [5.41, 5.74) is 2.63. The quantitative estimate of drug-likeness (QED) is 0.681. The van der Waals surface area contributed by atoms with E-state index in [1.807, 2.05) is 43.3 Å². The van der Waals surface area contributed by atoms with Gasteiger partial charge in [-0.2, -0.15) is 0 Å². The standard InChI is InChI=1S/C23H30N4O3S/c1-5-6-10-20(24-22-19-9-7-8-11-21(19)31(29,30)25-22)23(28)27(4)16-17-12-14-18(15-13-17)26(2)3/h7-9,11-15,20H,5-6,10,16H2,1-4H3,(H,24,25). The Balaban J connectivity index is 1.82. The number of benzene rings is 2. The molecule has 0 saturated carbocycles. The van der Waals surface area contributed by atoms with Gasteiger partial charge in [0.05, 0.1) is 4.90 Å². The van der Waals surface area contributed by atoms with Crippen LogP contribution < -0.4 is 9.62 Å². The van der Waals surface area contributed by atoms with E-state index in [1.165, 1.54) is 0 Å². The molecule has 1 amide bonds. The number of rotatable bonds is 8. The Labute approximate surface area is 184 Å². The largest absolute Gasteiger partial charge is 0.378 e. The van der Waals surface area contributed by atoms with Gasteiger partial charge in [0.15, 0.2) is 0 Å². The first-order chi connectivity index (χ1) is 14.7. The van der Waals surface area contributed by atoms with E-state index in [0.29, 0.717) is 18.5 Å². The van der Waals surface area contributed by atoms with Gasteiger partial charge in [-0.25, -0.2) is 8.42 Å². The van der Waals surface area contributed by atoms with Crippen molar-refractivity contribution in [3.63, 3.8) is 0 Å². The lowest BCUT2D eigenvalue weighted by Gasteiger charge is -2.22. The molecule has 0 aliphatic carbocycles. The Hall–Kier alpha value is -2.87. The van der Waals surface area contributed by atoms with Crippen molar-refractivity contribution >= 4 is 27.5 Å². The number of anilines is 1. The predicted octanol–water partition coefficient (Wildman–Crippen LogP) is 3.01. The van der Waals surface area contributed by atoms with Crippen LogP contribution in [0.1, 0.15) is 37.3 Å². The van der Waals surface area contributed by atoms with Gasteiger partial charge < -0.3 is 9.80 Å². The average Bonchev–Trinajstić information content (AvgIpc) is 3.01. The van der Waals surface area contributed by atoms with Crippen LogP contribution >= 0.6 is 0 Å². The van der Waals surface area contributed by atoms with Crippen LogP contribution in [0.2, 0.25) is 0 Å². The minimum atomic E-state index is -3.64. The summed E-state index contributed by atoms with van der Waals surface area (Å²) in [7, 11) is 2.09. The second kappa shape index (κ2) is 9.51. The molecular formula is C23H30N4O3S. The monoisotopic (exact) mass is 442 g/mol. The van der Waals surface area contributed by atoms with Crippen LogP contribution in [0.25, 0.3) is 0 Å². The number of hydrogen-bond acceptors (Lipinski definition) is 5. The number of carbonyl (C=O) groups is 1. The Morgan fingerprint density at radius 2 is 1.74 bits per heavy atom. The highest BCUT2D eigenvalue weighted by atomic mass is 32.2. The molecule has 0 spiro atoms. The second-order valence-corrected chi connectivity index (χ2v) is 9.64. The molecule has 1 heterocycles. The van der Waals surface area contributed by atoms with Crippen LogP contribution in [0.15, 0.2) is 58.4 Å². The summed E-state index contributed by atoms with van der Waals surface area (Å²) >= 11 is 0. The van der Waals surface area contributed by atoms with E-state index in [9.17, 15) is 13.2 Å². The fourth-order valence-electron chi connectivity index (χ4n) is 3.53. The van der Waals surface area contributed by atoms with E-state index < -0.39 is 16.1 Å². The zero-order chi connectivity index (χ0) is 22.6. The number of nitrogens with one attached hydrogen (secondary N) is 1. The Morgan fingerprint density at radius 3 is 2.39 bits per heavy atom. The van der Waals surface area contributed by atoms with Gasteiger partial charge in [-0.3, -0.25) is 14.5 Å². The van der Waals surface area contributed by atoms with Crippen molar-refractivity contribution in [2.45, 2.75) is 43.7 Å². The lowest BCUT2D eigenvalue weighted by atomic mass is 10.1. The fraction of sp³-hybridized carbons (Fsp3) is 0.391. The van der Waals surface area contributed by atoms with Crippen LogP contribution in [0.4, 0.5) is 5.69 Å². The Kier molecular flexibility index (Phi) is 7.00. The minimum Gasteiger partial charge on any atom is -0.378 e. The van der Waals surface area contributed by atoms with Crippen molar-refractivity contribution < 1.29 is 13.2 Å². The van der Waals surface area contributed by atoms with Crippen molar-refractivity contribution in [3.05, 3.63) is 59.7 Å². The SMILES string of the molecule is CCCCC(N=C1NS(=O)(=O)c2ccccc21)C(=O)N(C)Cc1ccc(N(C)C)cc1. The van der Waals surface area contributed by atoms with E-state index in [4.69, 9.17) is 0 Å². The maximum atomic E-state index is 13.2. The van der Waals surface area contributed by atoms with E-state index in [-0.39, 0.29) is 16.6 Å². The predicted molar refractivity (Wildman–Crippen MR) is 124 cm³/mol. The van der Waals surface area contributed by atoms with Gasteiger partial charge in [0.1, 0.15) is 11.9 Å². The second-order valence-electron chi connectivity index (χ2n) is 7.99. The molecule has 7 nitrogen and oxygen atoms in total. The molecule has 166 valence electrons. The van der Waals surface area contributed by atoms with E-state index in [1.54, 1.807) is 36.2 Å². The lowest BCUT2D eigenvalue weighted by Crippen LogP contribution is -2.36. The van der Waals surface area contributed by atoms with Crippen LogP contribution in [0.3, 0.4) is 0 Å². The molecule has 3 rings (SSSR count). The highest BCUT2D eigenvalue weighted by Gasteiger charge is 2.32. The molecule has 0 aromatic heterocycles. The molecule has 1 aliphatic heterocycles.